The molecule has 0 radical (unpaired) electrons. The molecule has 4 rings (SSSR count). The van der Waals surface area contributed by atoms with E-state index in [1.807, 2.05) is 0 Å². The number of rotatable bonds is 4. The highest BCUT2D eigenvalue weighted by molar-refractivity contribution is 6.03. The number of ketones is 3. The van der Waals surface area contributed by atoms with Crippen LogP contribution in [-0.2, 0) is 23.9 Å². The molecule has 0 spiro atoms. The Morgan fingerprint density at radius 2 is 1.94 bits per heavy atom. The van der Waals surface area contributed by atoms with E-state index in [4.69, 9.17) is 4.74 Å². The number of carbonyl (C=O) groups is 4. The summed E-state index contributed by atoms with van der Waals surface area (Å²) in [6.07, 6.45) is 5.31. The van der Waals surface area contributed by atoms with Crippen molar-refractivity contribution in [2.24, 2.45) is 28.6 Å². The fourth-order valence-electron chi connectivity index (χ4n) is 7.50. The zero-order chi connectivity index (χ0) is 23.7. The van der Waals surface area contributed by atoms with Gasteiger partial charge in [0.05, 0.1) is 0 Å². The molecule has 3 fully saturated rings. The first-order valence-electron chi connectivity index (χ1n) is 11.4. The maximum Gasteiger partial charge on any atom is 0.306 e. The van der Waals surface area contributed by atoms with E-state index >= 15 is 4.39 Å². The zero-order valence-electron chi connectivity index (χ0n) is 19.1. The molecule has 0 bridgehead atoms. The lowest BCUT2D eigenvalue weighted by Gasteiger charge is -2.59. The van der Waals surface area contributed by atoms with E-state index in [0.717, 1.165) is 0 Å². The van der Waals surface area contributed by atoms with Crippen LogP contribution in [-0.4, -0.2) is 46.3 Å². The molecule has 4 aliphatic carbocycles. The summed E-state index contributed by atoms with van der Waals surface area (Å²) in [4.78, 5) is 51.1. The summed E-state index contributed by atoms with van der Waals surface area (Å²) in [6.45, 7) is 5.99. The lowest BCUT2D eigenvalue weighted by atomic mass is 9.45. The third kappa shape index (κ3) is 2.54. The van der Waals surface area contributed by atoms with Crippen LogP contribution in [0.3, 0.4) is 0 Å². The van der Waals surface area contributed by atoms with Gasteiger partial charge in [0, 0.05) is 35.5 Å². The Morgan fingerprint density at radius 3 is 2.56 bits per heavy atom. The fraction of sp³-hybridized carbons (Fsp3) is 0.680. The van der Waals surface area contributed by atoms with Crippen molar-refractivity contribution in [3.8, 4) is 0 Å². The normalized spacial score (nSPS) is 44.9. The van der Waals surface area contributed by atoms with Gasteiger partial charge in [0.15, 0.2) is 22.8 Å². The first kappa shape index (κ1) is 23.0. The van der Waals surface area contributed by atoms with Gasteiger partial charge in [0.1, 0.15) is 6.61 Å². The molecule has 174 valence electrons. The van der Waals surface area contributed by atoms with Gasteiger partial charge in [0.25, 0.3) is 0 Å². The number of ether oxygens (including phenoxy) is 1. The van der Waals surface area contributed by atoms with Gasteiger partial charge in [-0.25, -0.2) is 4.39 Å². The molecule has 0 aromatic rings. The van der Waals surface area contributed by atoms with E-state index in [1.54, 1.807) is 27.7 Å². The molecule has 7 heteroatoms. The highest BCUT2D eigenvalue weighted by atomic mass is 19.1. The van der Waals surface area contributed by atoms with Gasteiger partial charge in [-0.15, -0.1) is 0 Å². The van der Waals surface area contributed by atoms with Gasteiger partial charge >= 0.3 is 5.97 Å². The highest BCUT2D eigenvalue weighted by Crippen LogP contribution is 2.70. The van der Waals surface area contributed by atoms with Gasteiger partial charge in [0.2, 0.25) is 5.78 Å². The number of allylic oxidation sites excluding steroid dienone is 4. The second-order valence-corrected chi connectivity index (χ2v) is 10.4. The second-order valence-electron chi connectivity index (χ2n) is 10.4. The Balaban J connectivity index is 1.86. The number of hydrogen-bond acceptors (Lipinski definition) is 6. The van der Waals surface area contributed by atoms with Crippen molar-refractivity contribution in [1.82, 2.24) is 0 Å². The largest absolute Gasteiger partial charge is 0.450 e. The number of esters is 1. The molecular weight excluding hydrogens is 415 g/mol. The number of alkyl halides is 1. The number of aliphatic hydroxyl groups excluding tert-OH is 1. The average molecular weight is 447 g/mol. The summed E-state index contributed by atoms with van der Waals surface area (Å²) in [5, 5.41) is 9.79. The number of halogens is 1. The number of aliphatic hydroxyl groups is 1. The molecule has 0 amide bonds. The van der Waals surface area contributed by atoms with Crippen LogP contribution >= 0.6 is 0 Å². The average Bonchev–Trinajstić information content (AvgIpc) is 2.96. The van der Waals surface area contributed by atoms with Crippen LogP contribution in [0.25, 0.3) is 0 Å². The topological polar surface area (TPSA) is 97.7 Å². The second kappa shape index (κ2) is 7.17. The van der Waals surface area contributed by atoms with Gasteiger partial charge in [-0.05, 0) is 44.3 Å². The molecule has 0 aliphatic heterocycles. The standard InChI is InChI=1S/C25H31FO6/c1-5-21(31)32-25(20(30)13-27)14(2)10-18-17-7-6-15-11-16(28)8-9-22(15,3)24(17,26)19(29)12-23(18,25)4/h8-9,11,14,17-18,27H,5-7,10,12-13H2,1-4H3/t14-,17?,18?,22-,23-,24-,25-/m0/s1. The van der Waals surface area contributed by atoms with Crippen LogP contribution in [0.5, 0.6) is 0 Å². The molecule has 7 atom stereocenters. The minimum atomic E-state index is -2.22. The SMILES string of the molecule is CCC(=O)O[C@]1(C(=O)CO)[C@@H](C)CC2C3CCC4=CC(=O)C=C[C@]4(C)[C@@]3(F)C(=O)C[C@@]21C. The van der Waals surface area contributed by atoms with Crippen molar-refractivity contribution in [1.29, 1.82) is 0 Å². The number of carbonyl (C=O) groups excluding carboxylic acids is 4. The minimum Gasteiger partial charge on any atom is -0.450 e. The van der Waals surface area contributed by atoms with Gasteiger partial charge in [-0.2, -0.15) is 0 Å². The smallest absolute Gasteiger partial charge is 0.306 e. The van der Waals surface area contributed by atoms with E-state index in [2.05, 4.69) is 0 Å². The van der Waals surface area contributed by atoms with Gasteiger partial charge in [-0.1, -0.05) is 32.4 Å². The molecule has 0 aromatic heterocycles. The Labute approximate surface area is 187 Å². The van der Waals surface area contributed by atoms with E-state index in [9.17, 15) is 24.3 Å². The lowest BCUT2D eigenvalue weighted by molar-refractivity contribution is -0.203. The molecular formula is C25H31FO6. The molecule has 0 saturated heterocycles. The molecule has 1 N–H and O–H groups in total. The van der Waals surface area contributed by atoms with E-state index in [-0.39, 0.29) is 18.6 Å². The monoisotopic (exact) mass is 446 g/mol. The summed E-state index contributed by atoms with van der Waals surface area (Å²) in [5.74, 6) is -3.63. The Bertz CT molecular complexity index is 967. The Kier molecular flexibility index (Phi) is 5.16. The molecule has 3 saturated carbocycles. The molecule has 0 heterocycles. The van der Waals surface area contributed by atoms with Crippen LogP contribution in [0.2, 0.25) is 0 Å². The lowest BCUT2D eigenvalue weighted by Crippen LogP contribution is -2.68. The van der Waals surface area contributed by atoms with Crippen molar-refractivity contribution in [2.75, 3.05) is 6.61 Å². The Hall–Kier alpha value is -2.15. The molecule has 6 nitrogen and oxygen atoms in total. The van der Waals surface area contributed by atoms with Crippen molar-refractivity contribution >= 4 is 23.3 Å². The molecule has 2 unspecified atom stereocenters. The van der Waals surface area contributed by atoms with Crippen LogP contribution in [0, 0.1) is 28.6 Å². The summed E-state index contributed by atoms with van der Waals surface area (Å²) >= 11 is 0. The Morgan fingerprint density at radius 1 is 1.25 bits per heavy atom. The number of hydrogen-bond donors (Lipinski definition) is 1. The summed E-state index contributed by atoms with van der Waals surface area (Å²) in [6, 6.07) is 0. The zero-order valence-corrected chi connectivity index (χ0v) is 19.1. The van der Waals surface area contributed by atoms with Gasteiger partial charge < -0.3 is 9.84 Å². The van der Waals surface area contributed by atoms with Gasteiger partial charge in [-0.3, -0.25) is 19.2 Å². The molecule has 4 aliphatic rings. The van der Waals surface area contributed by atoms with Crippen LogP contribution < -0.4 is 0 Å². The van der Waals surface area contributed by atoms with Crippen LogP contribution in [0.1, 0.15) is 59.8 Å². The van der Waals surface area contributed by atoms with Crippen molar-refractivity contribution in [3.63, 3.8) is 0 Å². The summed E-state index contributed by atoms with van der Waals surface area (Å²) in [5.41, 5.74) is -5.61. The molecule has 32 heavy (non-hydrogen) atoms. The number of fused-ring (bicyclic) bond motifs is 5. The summed E-state index contributed by atoms with van der Waals surface area (Å²) < 4.78 is 22.9. The van der Waals surface area contributed by atoms with Crippen LogP contribution in [0.4, 0.5) is 4.39 Å². The maximum absolute atomic E-state index is 17.1. The van der Waals surface area contributed by atoms with E-state index in [1.165, 1.54) is 18.2 Å². The third-order valence-corrected chi connectivity index (χ3v) is 9.06. The summed E-state index contributed by atoms with van der Waals surface area (Å²) in [7, 11) is 0. The van der Waals surface area contributed by atoms with Crippen LogP contribution in [0.15, 0.2) is 23.8 Å². The van der Waals surface area contributed by atoms with Crippen molar-refractivity contribution in [2.45, 2.75) is 71.1 Å². The highest BCUT2D eigenvalue weighted by Gasteiger charge is 2.77. The first-order chi connectivity index (χ1) is 14.9. The van der Waals surface area contributed by atoms with Crippen molar-refractivity contribution in [3.05, 3.63) is 23.8 Å². The fourth-order valence-corrected chi connectivity index (χ4v) is 7.50. The van der Waals surface area contributed by atoms with Crippen molar-refractivity contribution < 1.29 is 33.4 Å². The first-order valence-corrected chi connectivity index (χ1v) is 11.4. The van der Waals surface area contributed by atoms with E-state index < -0.39 is 64.0 Å². The molecule has 0 aromatic carbocycles. The number of Topliss-reactive ketones (excluding diaryl/α,β-unsaturated/α-hetero) is 2. The third-order valence-electron chi connectivity index (χ3n) is 9.06. The minimum absolute atomic E-state index is 0.0450. The predicted octanol–water partition coefficient (Wildman–Crippen LogP) is 3.06. The van der Waals surface area contributed by atoms with E-state index in [0.29, 0.717) is 24.8 Å². The maximum atomic E-state index is 17.1. The quantitative estimate of drug-likeness (QED) is 0.667. The predicted molar refractivity (Wildman–Crippen MR) is 113 cm³/mol.